The summed E-state index contributed by atoms with van der Waals surface area (Å²) in [7, 11) is 1.33. The number of hydrogen-bond donors (Lipinski definition) is 1. The van der Waals surface area contributed by atoms with E-state index in [0.717, 1.165) is 6.07 Å². The van der Waals surface area contributed by atoms with Crippen LogP contribution in [0.4, 0.5) is 13.2 Å². The highest BCUT2D eigenvalue weighted by Crippen LogP contribution is 2.39. The molecule has 0 aromatic heterocycles. The number of nitrogens with one attached hydrogen (secondary N) is 1. The molecule has 1 saturated heterocycles. The second-order valence-corrected chi connectivity index (χ2v) is 5.11. The number of nitrogens with zero attached hydrogens (tertiary/aromatic N) is 2. The number of hydrogen-bond acceptors (Lipinski definition) is 4. The smallest absolute Gasteiger partial charge is 0.416 e. The van der Waals surface area contributed by atoms with Crippen LogP contribution < -0.4 is 10.1 Å². The molecular weight excluding hydrogens is 366 g/mol. The first-order chi connectivity index (χ1) is 10.5. The molecule has 2 rings (SSSR count). The summed E-state index contributed by atoms with van der Waals surface area (Å²) in [6.07, 6.45) is -4.46. The van der Waals surface area contributed by atoms with Crippen LogP contribution in [0.5, 0.6) is 5.75 Å². The average Bonchev–Trinajstić information content (AvgIpc) is 2.52. The van der Waals surface area contributed by atoms with Crippen LogP contribution in [0.2, 0.25) is 0 Å². The minimum absolute atomic E-state index is 0. The number of benzene rings is 1. The molecule has 9 heteroatoms. The van der Waals surface area contributed by atoms with Crippen LogP contribution in [0.15, 0.2) is 18.2 Å². The normalized spacial score (nSPS) is 16.3. The van der Waals surface area contributed by atoms with Gasteiger partial charge in [-0.1, -0.05) is 6.07 Å². The van der Waals surface area contributed by atoms with E-state index in [2.05, 4.69) is 5.32 Å². The van der Waals surface area contributed by atoms with Gasteiger partial charge in [-0.3, -0.25) is 4.90 Å². The summed E-state index contributed by atoms with van der Waals surface area (Å²) in [4.78, 5) is 1.93. The maximum atomic E-state index is 13.4. The molecule has 24 heavy (non-hydrogen) atoms. The largest absolute Gasteiger partial charge is 0.497 e. The summed E-state index contributed by atoms with van der Waals surface area (Å²) in [5, 5.41) is 12.2. The van der Waals surface area contributed by atoms with Crippen molar-refractivity contribution in [2.75, 3.05) is 33.3 Å². The number of nitriles is 1. The minimum atomic E-state index is -4.48. The third-order valence-corrected chi connectivity index (χ3v) is 3.80. The minimum Gasteiger partial charge on any atom is -0.497 e. The number of ether oxygens (including phenoxy) is 1. The van der Waals surface area contributed by atoms with Gasteiger partial charge in [0.25, 0.3) is 0 Å². The molecule has 0 bridgehead atoms. The van der Waals surface area contributed by atoms with Gasteiger partial charge < -0.3 is 10.1 Å². The topological polar surface area (TPSA) is 48.3 Å². The maximum Gasteiger partial charge on any atom is 0.416 e. The van der Waals surface area contributed by atoms with E-state index < -0.39 is 17.8 Å². The van der Waals surface area contributed by atoms with E-state index in [-0.39, 0.29) is 42.5 Å². The highest BCUT2D eigenvalue weighted by Gasteiger charge is 2.37. The fraction of sp³-hybridized carbons (Fsp3) is 0.533. The number of alkyl halides is 3. The van der Waals surface area contributed by atoms with E-state index >= 15 is 0 Å². The molecule has 4 nitrogen and oxygen atoms in total. The molecule has 1 aromatic rings. The van der Waals surface area contributed by atoms with Crippen LogP contribution in [0, 0.1) is 11.3 Å². The summed E-state index contributed by atoms with van der Waals surface area (Å²) >= 11 is 0. The summed E-state index contributed by atoms with van der Waals surface area (Å²) < 4.78 is 45.0. The molecule has 0 aliphatic carbocycles. The summed E-state index contributed by atoms with van der Waals surface area (Å²) in [6, 6.07) is 5.38. The average molecular weight is 386 g/mol. The Labute approximate surface area is 151 Å². The number of halogens is 5. The molecule has 1 atom stereocenters. The number of rotatable bonds is 4. The first-order valence-electron chi connectivity index (χ1n) is 7.04. The second kappa shape index (κ2) is 9.94. The lowest BCUT2D eigenvalue weighted by atomic mass is 9.95. The Bertz CT molecular complexity index is 558. The van der Waals surface area contributed by atoms with Gasteiger partial charge in [0.15, 0.2) is 0 Å². The Kier molecular flexibility index (Phi) is 9.45. The molecule has 1 N–H and O–H groups in total. The van der Waals surface area contributed by atoms with E-state index in [1.165, 1.54) is 19.2 Å². The molecule has 1 aliphatic heterocycles. The van der Waals surface area contributed by atoms with Crippen molar-refractivity contribution in [3.05, 3.63) is 29.3 Å². The maximum absolute atomic E-state index is 13.4. The Morgan fingerprint density at radius 1 is 1.29 bits per heavy atom. The van der Waals surface area contributed by atoms with Crippen LogP contribution in [-0.4, -0.2) is 38.2 Å². The fourth-order valence-electron chi connectivity index (χ4n) is 2.71. The van der Waals surface area contributed by atoms with Gasteiger partial charge in [-0.15, -0.1) is 24.8 Å². The van der Waals surface area contributed by atoms with Crippen LogP contribution in [-0.2, 0) is 6.18 Å². The molecule has 0 radical (unpaired) electrons. The Balaban J connectivity index is 0.00000264. The number of methoxy groups -OCH3 is 1. The highest BCUT2D eigenvalue weighted by molar-refractivity contribution is 5.85. The van der Waals surface area contributed by atoms with E-state index in [1.807, 2.05) is 11.0 Å². The van der Waals surface area contributed by atoms with Crippen molar-refractivity contribution in [1.29, 1.82) is 5.26 Å². The predicted molar refractivity (Wildman–Crippen MR) is 89.9 cm³/mol. The molecule has 1 heterocycles. The van der Waals surface area contributed by atoms with Gasteiger partial charge in [0.05, 0.1) is 25.2 Å². The van der Waals surface area contributed by atoms with Gasteiger partial charge in [0, 0.05) is 32.2 Å². The molecule has 0 spiro atoms. The standard InChI is InChI=1S/C15H18F3N3O.2ClH/c1-22-11-2-3-12(13(10-11)15(16,17)18)14(4-5-19)21-8-6-20-7-9-21;;/h2-3,10,14,20H,4,6-9H2,1H3;2*1H/t14-;;/m0../s1. The van der Waals surface area contributed by atoms with Crippen molar-refractivity contribution in [3.63, 3.8) is 0 Å². The van der Waals surface area contributed by atoms with Crippen LogP contribution in [0.25, 0.3) is 0 Å². The third-order valence-electron chi connectivity index (χ3n) is 3.80. The zero-order valence-corrected chi connectivity index (χ0v) is 14.7. The SMILES string of the molecule is COc1ccc([C@H](CC#N)N2CCNCC2)c(C(F)(F)F)c1.Cl.Cl. The second-order valence-electron chi connectivity index (χ2n) is 5.11. The van der Waals surface area contributed by atoms with Crippen molar-refractivity contribution < 1.29 is 17.9 Å². The summed E-state index contributed by atoms with van der Waals surface area (Å²) in [5.41, 5.74) is -0.595. The first-order valence-corrected chi connectivity index (χ1v) is 7.04. The quantitative estimate of drug-likeness (QED) is 0.862. The summed E-state index contributed by atoms with van der Waals surface area (Å²) in [6.45, 7) is 2.66. The van der Waals surface area contributed by atoms with E-state index in [4.69, 9.17) is 10.00 Å². The van der Waals surface area contributed by atoms with Crippen molar-refractivity contribution in [1.82, 2.24) is 10.2 Å². The molecule has 0 saturated carbocycles. The molecule has 1 aliphatic rings. The van der Waals surface area contributed by atoms with E-state index in [9.17, 15) is 13.2 Å². The van der Waals surface area contributed by atoms with Crippen molar-refractivity contribution in [2.24, 2.45) is 0 Å². The molecule has 0 unspecified atom stereocenters. The van der Waals surface area contributed by atoms with E-state index in [1.54, 1.807) is 0 Å². The molecule has 136 valence electrons. The molecule has 0 amide bonds. The lowest BCUT2D eigenvalue weighted by molar-refractivity contribution is -0.138. The van der Waals surface area contributed by atoms with Gasteiger partial charge in [0.2, 0.25) is 0 Å². The Hall–Kier alpha value is -1.20. The van der Waals surface area contributed by atoms with Gasteiger partial charge in [-0.2, -0.15) is 18.4 Å². The monoisotopic (exact) mass is 385 g/mol. The molecule has 1 fully saturated rings. The van der Waals surface area contributed by atoms with Gasteiger partial charge in [-0.05, 0) is 17.7 Å². The number of piperazine rings is 1. The Morgan fingerprint density at radius 2 is 1.92 bits per heavy atom. The fourth-order valence-corrected chi connectivity index (χ4v) is 2.71. The van der Waals surface area contributed by atoms with Crippen molar-refractivity contribution in [3.8, 4) is 11.8 Å². The van der Waals surface area contributed by atoms with Crippen LogP contribution in [0.3, 0.4) is 0 Å². The third kappa shape index (κ3) is 5.42. The van der Waals surface area contributed by atoms with Crippen molar-refractivity contribution in [2.45, 2.75) is 18.6 Å². The Morgan fingerprint density at radius 3 is 2.42 bits per heavy atom. The summed E-state index contributed by atoms with van der Waals surface area (Å²) in [5.74, 6) is 0.159. The van der Waals surface area contributed by atoms with Gasteiger partial charge >= 0.3 is 6.18 Å². The van der Waals surface area contributed by atoms with Gasteiger partial charge in [0.1, 0.15) is 5.75 Å². The lowest BCUT2D eigenvalue weighted by Gasteiger charge is -2.35. The predicted octanol–water partition coefficient (Wildman–Crippen LogP) is 3.42. The van der Waals surface area contributed by atoms with Crippen LogP contribution in [0.1, 0.15) is 23.6 Å². The van der Waals surface area contributed by atoms with Gasteiger partial charge in [-0.25, -0.2) is 0 Å². The van der Waals surface area contributed by atoms with Crippen molar-refractivity contribution >= 4 is 24.8 Å². The van der Waals surface area contributed by atoms with Crippen LogP contribution >= 0.6 is 24.8 Å². The molecular formula is C15H20Cl2F3N3O. The first kappa shape index (κ1) is 22.8. The molecule has 1 aromatic carbocycles. The van der Waals surface area contributed by atoms with E-state index in [0.29, 0.717) is 26.2 Å². The lowest BCUT2D eigenvalue weighted by Crippen LogP contribution is -2.45. The highest BCUT2D eigenvalue weighted by atomic mass is 35.5. The zero-order chi connectivity index (χ0) is 16.2. The zero-order valence-electron chi connectivity index (χ0n) is 13.1.